The standard InChI is InChI=1S/C18H22ClN3O3S/c1-22(15-7-4-3-5-8-15)12-6-11-20-18(23)16-13-14(9-10-17(16)19)21-26(2,24)25/h3-5,7-10,13,21H,6,11-12H2,1-2H3,(H,20,23). The van der Waals surface area contributed by atoms with Crippen molar-refractivity contribution in [1.82, 2.24) is 5.32 Å². The predicted octanol–water partition coefficient (Wildman–Crippen LogP) is 2.97. The van der Waals surface area contributed by atoms with E-state index in [4.69, 9.17) is 11.6 Å². The molecule has 0 aromatic heterocycles. The molecule has 0 spiro atoms. The fraction of sp³-hybridized carbons (Fsp3) is 0.278. The van der Waals surface area contributed by atoms with Crippen molar-refractivity contribution in [3.63, 3.8) is 0 Å². The summed E-state index contributed by atoms with van der Waals surface area (Å²) in [5.41, 5.74) is 1.64. The number of anilines is 2. The topological polar surface area (TPSA) is 78.5 Å². The van der Waals surface area contributed by atoms with E-state index in [1.165, 1.54) is 18.2 Å². The first-order valence-corrected chi connectivity index (χ1v) is 10.3. The van der Waals surface area contributed by atoms with Crippen LogP contribution in [0, 0.1) is 0 Å². The molecule has 8 heteroatoms. The Morgan fingerprint density at radius 1 is 1.15 bits per heavy atom. The number of hydrogen-bond donors (Lipinski definition) is 2. The zero-order chi connectivity index (χ0) is 19.2. The quantitative estimate of drug-likeness (QED) is 0.673. The van der Waals surface area contributed by atoms with E-state index in [2.05, 4.69) is 14.9 Å². The van der Waals surface area contributed by atoms with E-state index >= 15 is 0 Å². The SMILES string of the molecule is CN(CCCNC(=O)c1cc(NS(C)(=O)=O)ccc1Cl)c1ccccc1. The fourth-order valence-electron chi connectivity index (χ4n) is 2.40. The minimum absolute atomic E-state index is 0.233. The van der Waals surface area contributed by atoms with Crippen LogP contribution in [0.2, 0.25) is 5.02 Å². The van der Waals surface area contributed by atoms with Crippen molar-refractivity contribution in [2.45, 2.75) is 6.42 Å². The highest BCUT2D eigenvalue weighted by atomic mass is 35.5. The number of hydrogen-bond acceptors (Lipinski definition) is 4. The monoisotopic (exact) mass is 395 g/mol. The van der Waals surface area contributed by atoms with Crippen LogP contribution in [-0.4, -0.2) is 40.7 Å². The van der Waals surface area contributed by atoms with E-state index in [9.17, 15) is 13.2 Å². The van der Waals surface area contributed by atoms with Crippen LogP contribution in [0.15, 0.2) is 48.5 Å². The summed E-state index contributed by atoms with van der Waals surface area (Å²) in [5.74, 6) is -0.338. The second-order valence-corrected chi connectivity index (χ2v) is 8.09. The van der Waals surface area contributed by atoms with Gasteiger partial charge in [0.05, 0.1) is 16.8 Å². The van der Waals surface area contributed by atoms with E-state index in [-0.39, 0.29) is 16.5 Å². The molecular weight excluding hydrogens is 374 g/mol. The van der Waals surface area contributed by atoms with Gasteiger partial charge in [0.2, 0.25) is 10.0 Å². The second-order valence-electron chi connectivity index (χ2n) is 5.94. The Morgan fingerprint density at radius 2 is 1.85 bits per heavy atom. The molecule has 0 aliphatic heterocycles. The van der Waals surface area contributed by atoms with Crippen LogP contribution in [0.4, 0.5) is 11.4 Å². The number of para-hydroxylation sites is 1. The smallest absolute Gasteiger partial charge is 0.252 e. The number of carbonyl (C=O) groups excluding carboxylic acids is 1. The molecule has 6 nitrogen and oxygen atoms in total. The number of nitrogens with zero attached hydrogens (tertiary/aromatic N) is 1. The van der Waals surface area contributed by atoms with Crippen LogP contribution >= 0.6 is 11.6 Å². The van der Waals surface area contributed by atoms with Gasteiger partial charge in [0.1, 0.15) is 0 Å². The number of benzene rings is 2. The van der Waals surface area contributed by atoms with E-state index in [1.807, 2.05) is 37.4 Å². The lowest BCUT2D eigenvalue weighted by molar-refractivity contribution is 0.0953. The van der Waals surface area contributed by atoms with Crippen molar-refractivity contribution >= 4 is 38.9 Å². The molecule has 2 aromatic rings. The summed E-state index contributed by atoms with van der Waals surface area (Å²) in [5, 5.41) is 3.08. The molecular formula is C18H22ClN3O3S. The molecule has 0 fully saturated rings. The van der Waals surface area contributed by atoms with Gasteiger partial charge in [-0.15, -0.1) is 0 Å². The largest absolute Gasteiger partial charge is 0.375 e. The lowest BCUT2D eigenvalue weighted by Gasteiger charge is -2.19. The average Bonchev–Trinajstić information content (AvgIpc) is 2.59. The number of nitrogens with one attached hydrogen (secondary N) is 2. The van der Waals surface area contributed by atoms with E-state index < -0.39 is 10.0 Å². The Morgan fingerprint density at radius 3 is 2.50 bits per heavy atom. The average molecular weight is 396 g/mol. The number of halogens is 1. The maximum atomic E-state index is 12.3. The number of carbonyl (C=O) groups is 1. The van der Waals surface area contributed by atoms with Gasteiger partial charge in [-0.25, -0.2) is 8.42 Å². The van der Waals surface area contributed by atoms with Crippen molar-refractivity contribution in [1.29, 1.82) is 0 Å². The van der Waals surface area contributed by atoms with Gasteiger partial charge in [-0.05, 0) is 36.8 Å². The van der Waals surface area contributed by atoms with Gasteiger partial charge in [0.15, 0.2) is 0 Å². The molecule has 2 aromatic carbocycles. The van der Waals surface area contributed by atoms with E-state index in [0.29, 0.717) is 12.2 Å². The third-order valence-corrected chi connectivity index (χ3v) is 4.60. The van der Waals surface area contributed by atoms with Crippen molar-refractivity contribution in [2.75, 3.05) is 36.0 Å². The molecule has 0 radical (unpaired) electrons. The molecule has 2 rings (SSSR count). The van der Waals surface area contributed by atoms with Crippen LogP contribution < -0.4 is 14.9 Å². The highest BCUT2D eigenvalue weighted by Gasteiger charge is 2.12. The lowest BCUT2D eigenvalue weighted by atomic mass is 10.2. The molecule has 1 amide bonds. The van der Waals surface area contributed by atoms with Crippen molar-refractivity contribution in [3.8, 4) is 0 Å². The highest BCUT2D eigenvalue weighted by molar-refractivity contribution is 7.92. The second kappa shape index (κ2) is 8.91. The van der Waals surface area contributed by atoms with Crippen molar-refractivity contribution < 1.29 is 13.2 Å². The maximum absolute atomic E-state index is 12.3. The maximum Gasteiger partial charge on any atom is 0.252 e. The summed E-state index contributed by atoms with van der Waals surface area (Å²) in [7, 11) is -1.43. The normalized spacial score (nSPS) is 11.0. The summed E-state index contributed by atoms with van der Waals surface area (Å²) in [6, 6.07) is 14.4. The Bertz CT molecular complexity index is 857. The van der Waals surface area contributed by atoms with Gasteiger partial charge in [-0.1, -0.05) is 29.8 Å². The Balaban J connectivity index is 1.88. The Labute approximate surface area is 159 Å². The predicted molar refractivity (Wildman–Crippen MR) is 107 cm³/mol. The van der Waals surface area contributed by atoms with E-state index in [1.54, 1.807) is 0 Å². The van der Waals surface area contributed by atoms with Crippen molar-refractivity contribution in [3.05, 3.63) is 59.1 Å². The van der Waals surface area contributed by atoms with Gasteiger partial charge in [-0.3, -0.25) is 9.52 Å². The fourth-order valence-corrected chi connectivity index (χ4v) is 3.16. The summed E-state index contributed by atoms with van der Waals surface area (Å²) in [6.07, 6.45) is 1.81. The van der Waals surface area contributed by atoms with Gasteiger partial charge in [-0.2, -0.15) is 0 Å². The molecule has 0 aliphatic carbocycles. The molecule has 0 saturated carbocycles. The number of rotatable bonds is 8. The summed E-state index contributed by atoms with van der Waals surface area (Å²) < 4.78 is 24.9. The summed E-state index contributed by atoms with van der Waals surface area (Å²) >= 11 is 6.06. The molecule has 0 bridgehead atoms. The first-order valence-electron chi connectivity index (χ1n) is 8.08. The zero-order valence-corrected chi connectivity index (χ0v) is 16.3. The minimum Gasteiger partial charge on any atom is -0.375 e. The molecule has 0 atom stereocenters. The third kappa shape index (κ3) is 6.24. The zero-order valence-electron chi connectivity index (χ0n) is 14.7. The van der Waals surface area contributed by atoms with Gasteiger partial charge in [0, 0.05) is 31.5 Å². The molecule has 0 aliphatic rings. The van der Waals surface area contributed by atoms with Crippen LogP contribution in [0.3, 0.4) is 0 Å². The number of amides is 1. The molecule has 2 N–H and O–H groups in total. The van der Waals surface area contributed by atoms with Crippen LogP contribution in [0.25, 0.3) is 0 Å². The van der Waals surface area contributed by atoms with Gasteiger partial charge < -0.3 is 10.2 Å². The van der Waals surface area contributed by atoms with Crippen LogP contribution in [-0.2, 0) is 10.0 Å². The first-order chi connectivity index (χ1) is 12.3. The van der Waals surface area contributed by atoms with Crippen LogP contribution in [0.1, 0.15) is 16.8 Å². The van der Waals surface area contributed by atoms with Gasteiger partial charge >= 0.3 is 0 Å². The molecule has 0 saturated heterocycles. The van der Waals surface area contributed by atoms with Crippen LogP contribution in [0.5, 0.6) is 0 Å². The summed E-state index contributed by atoms with van der Waals surface area (Å²) in [4.78, 5) is 14.4. The highest BCUT2D eigenvalue weighted by Crippen LogP contribution is 2.21. The first kappa shape index (κ1) is 20.1. The molecule has 0 heterocycles. The minimum atomic E-state index is -3.42. The van der Waals surface area contributed by atoms with E-state index in [0.717, 1.165) is 24.9 Å². The Hall–Kier alpha value is -2.25. The Kier molecular flexibility index (Phi) is 6.88. The lowest BCUT2D eigenvalue weighted by Crippen LogP contribution is -2.28. The molecule has 26 heavy (non-hydrogen) atoms. The third-order valence-electron chi connectivity index (χ3n) is 3.67. The summed E-state index contributed by atoms with van der Waals surface area (Å²) in [6.45, 7) is 1.27. The molecule has 0 unspecified atom stereocenters. The molecule has 140 valence electrons. The number of sulfonamides is 1. The van der Waals surface area contributed by atoms with Gasteiger partial charge in [0.25, 0.3) is 5.91 Å². The van der Waals surface area contributed by atoms with Crippen molar-refractivity contribution in [2.24, 2.45) is 0 Å².